The number of aromatic nitrogens is 1. The van der Waals surface area contributed by atoms with Crippen molar-refractivity contribution in [2.45, 2.75) is 46.1 Å². The van der Waals surface area contributed by atoms with Gasteiger partial charge in [0.1, 0.15) is 0 Å². The normalized spacial score (nSPS) is 15.0. The third kappa shape index (κ3) is 7.44. The minimum atomic E-state index is -0.0793. The summed E-state index contributed by atoms with van der Waals surface area (Å²) >= 11 is 0. The third-order valence-corrected chi connectivity index (χ3v) is 4.65. The summed E-state index contributed by atoms with van der Waals surface area (Å²) in [6.45, 7) is 7.27. The Bertz CT molecular complexity index is 619. The van der Waals surface area contributed by atoms with Crippen LogP contribution in [0.25, 0.3) is 0 Å². The smallest absolute Gasteiger partial charge is 0.309 e. The van der Waals surface area contributed by atoms with Crippen molar-refractivity contribution in [3.63, 3.8) is 0 Å². The first-order chi connectivity index (χ1) is 13.2. The summed E-state index contributed by atoms with van der Waals surface area (Å²) in [5.74, 6) is 1.43. The number of hydrogen-bond donors (Lipinski definition) is 1. The second kappa shape index (κ2) is 13.6. The quantitative estimate of drug-likeness (QED) is 0.193. The van der Waals surface area contributed by atoms with Crippen LogP contribution >= 0.6 is 24.0 Å². The van der Waals surface area contributed by atoms with Crippen molar-refractivity contribution in [3.8, 4) is 5.88 Å². The Kier molecular flexibility index (Phi) is 11.9. The maximum absolute atomic E-state index is 11.9. The van der Waals surface area contributed by atoms with E-state index in [0.29, 0.717) is 25.6 Å². The molecule has 0 spiro atoms. The lowest BCUT2D eigenvalue weighted by Crippen LogP contribution is -2.46. The van der Waals surface area contributed by atoms with Gasteiger partial charge in [0.15, 0.2) is 5.96 Å². The number of carbonyl (C=O) groups is 1. The number of esters is 1. The van der Waals surface area contributed by atoms with Crippen molar-refractivity contribution < 1.29 is 14.3 Å². The molecule has 0 aromatic carbocycles. The van der Waals surface area contributed by atoms with Crippen LogP contribution < -0.4 is 10.1 Å². The number of likely N-dealkylation sites (tertiary alicyclic amines) is 1. The number of halogens is 1. The highest BCUT2D eigenvalue weighted by atomic mass is 127. The molecule has 0 bridgehead atoms. The number of hydrogen-bond acceptors (Lipinski definition) is 5. The molecule has 28 heavy (non-hydrogen) atoms. The molecule has 1 N–H and O–H groups in total. The van der Waals surface area contributed by atoms with E-state index < -0.39 is 0 Å². The maximum Gasteiger partial charge on any atom is 0.309 e. The molecule has 8 heteroatoms. The van der Waals surface area contributed by atoms with E-state index in [1.165, 1.54) is 0 Å². The number of nitrogens with one attached hydrogen (secondary N) is 1. The average Bonchev–Trinajstić information content (AvgIpc) is 2.70. The van der Waals surface area contributed by atoms with E-state index >= 15 is 0 Å². The minimum absolute atomic E-state index is 0. The molecule has 2 heterocycles. The summed E-state index contributed by atoms with van der Waals surface area (Å²) in [5, 5.41) is 3.40. The van der Waals surface area contributed by atoms with E-state index in [4.69, 9.17) is 9.47 Å². The Hall–Kier alpha value is -1.58. The zero-order valence-corrected chi connectivity index (χ0v) is 19.5. The summed E-state index contributed by atoms with van der Waals surface area (Å²) in [5.41, 5.74) is 1.01. The molecule has 1 aliphatic rings. The number of aliphatic imine (C=N–C) groups is 1. The van der Waals surface area contributed by atoms with Crippen molar-refractivity contribution >= 4 is 35.9 Å². The summed E-state index contributed by atoms with van der Waals surface area (Å²) in [4.78, 5) is 22.8. The van der Waals surface area contributed by atoms with Crippen LogP contribution in [0.3, 0.4) is 0 Å². The lowest BCUT2D eigenvalue weighted by Gasteiger charge is -2.33. The van der Waals surface area contributed by atoms with E-state index in [0.717, 1.165) is 50.3 Å². The molecule has 7 nitrogen and oxygen atoms in total. The monoisotopic (exact) mass is 504 g/mol. The minimum Gasteiger partial charge on any atom is -0.477 e. The molecule has 158 valence electrons. The molecule has 0 radical (unpaired) electrons. The van der Waals surface area contributed by atoms with Gasteiger partial charge >= 0.3 is 5.97 Å². The second-order valence-corrected chi connectivity index (χ2v) is 6.58. The van der Waals surface area contributed by atoms with E-state index in [2.05, 4.69) is 27.1 Å². The molecular weight excluding hydrogens is 471 g/mol. The summed E-state index contributed by atoms with van der Waals surface area (Å²) in [6, 6.07) is 3.93. The summed E-state index contributed by atoms with van der Waals surface area (Å²) < 4.78 is 10.9. The summed E-state index contributed by atoms with van der Waals surface area (Å²) in [6.07, 6.45) is 5.44. The van der Waals surface area contributed by atoms with E-state index in [1.807, 2.05) is 19.1 Å². The molecule has 1 aliphatic heterocycles. The van der Waals surface area contributed by atoms with Crippen molar-refractivity contribution in [1.29, 1.82) is 0 Å². The standard InChI is InChI=1S/C20H32N4O3.HI/c1-4-6-14-27-18-17(8-7-11-22-18)15-23-20(21-3)24-12-9-16(10-13-24)19(25)26-5-2;/h7-8,11,16H,4-6,9-10,12-15H2,1-3H3,(H,21,23);1H. The molecule has 0 saturated carbocycles. The Labute approximate surface area is 185 Å². The molecule has 1 fully saturated rings. The fourth-order valence-electron chi connectivity index (χ4n) is 3.10. The molecule has 0 amide bonds. The van der Waals surface area contributed by atoms with E-state index in [1.54, 1.807) is 13.2 Å². The van der Waals surface area contributed by atoms with Crippen LogP contribution in [0.4, 0.5) is 0 Å². The Morgan fingerprint density at radius 1 is 1.36 bits per heavy atom. The van der Waals surface area contributed by atoms with Crippen molar-refractivity contribution in [3.05, 3.63) is 23.9 Å². The number of piperidine rings is 1. The fourth-order valence-corrected chi connectivity index (χ4v) is 3.10. The van der Waals surface area contributed by atoms with Crippen LogP contribution in [0.2, 0.25) is 0 Å². The maximum atomic E-state index is 11.9. The number of ether oxygens (including phenoxy) is 2. The van der Waals surface area contributed by atoms with Gasteiger partial charge in [-0.15, -0.1) is 24.0 Å². The van der Waals surface area contributed by atoms with Gasteiger partial charge in [0.2, 0.25) is 5.88 Å². The summed E-state index contributed by atoms with van der Waals surface area (Å²) in [7, 11) is 1.78. The largest absolute Gasteiger partial charge is 0.477 e. The fraction of sp³-hybridized carbons (Fsp3) is 0.650. The lowest BCUT2D eigenvalue weighted by atomic mass is 9.97. The topological polar surface area (TPSA) is 76.0 Å². The van der Waals surface area contributed by atoms with Crippen molar-refractivity contribution in [1.82, 2.24) is 15.2 Å². The first-order valence-corrected chi connectivity index (χ1v) is 9.88. The van der Waals surface area contributed by atoms with Gasteiger partial charge in [-0.1, -0.05) is 19.4 Å². The highest BCUT2D eigenvalue weighted by molar-refractivity contribution is 14.0. The van der Waals surface area contributed by atoms with Crippen LogP contribution in [-0.4, -0.2) is 55.2 Å². The Balaban J connectivity index is 0.00000392. The van der Waals surface area contributed by atoms with Gasteiger partial charge in [0.25, 0.3) is 0 Å². The zero-order valence-electron chi connectivity index (χ0n) is 17.1. The van der Waals surface area contributed by atoms with Gasteiger partial charge in [-0.3, -0.25) is 9.79 Å². The van der Waals surface area contributed by atoms with Crippen LogP contribution in [0.5, 0.6) is 5.88 Å². The first kappa shape index (κ1) is 24.5. The highest BCUT2D eigenvalue weighted by Crippen LogP contribution is 2.19. The van der Waals surface area contributed by atoms with E-state index in [9.17, 15) is 4.79 Å². The number of nitrogens with zero attached hydrogens (tertiary/aromatic N) is 3. The van der Waals surface area contributed by atoms with Crippen LogP contribution in [0.1, 0.15) is 45.1 Å². The molecular formula is C20H33IN4O3. The van der Waals surface area contributed by atoms with Crippen LogP contribution in [-0.2, 0) is 16.1 Å². The van der Waals surface area contributed by atoms with Gasteiger partial charge in [-0.25, -0.2) is 4.98 Å². The second-order valence-electron chi connectivity index (χ2n) is 6.58. The molecule has 0 unspecified atom stereocenters. The van der Waals surface area contributed by atoms with Crippen LogP contribution in [0.15, 0.2) is 23.3 Å². The van der Waals surface area contributed by atoms with Crippen molar-refractivity contribution in [2.75, 3.05) is 33.4 Å². The van der Waals surface area contributed by atoms with E-state index in [-0.39, 0.29) is 35.9 Å². The van der Waals surface area contributed by atoms with Gasteiger partial charge in [-0.2, -0.15) is 0 Å². The SMILES string of the molecule is CCCCOc1ncccc1CNC(=NC)N1CCC(C(=O)OCC)CC1.I. The first-order valence-electron chi connectivity index (χ1n) is 9.88. The Morgan fingerprint density at radius 2 is 2.11 bits per heavy atom. The molecule has 1 saturated heterocycles. The average molecular weight is 504 g/mol. The molecule has 2 rings (SSSR count). The number of guanidine groups is 1. The number of pyridine rings is 1. The van der Waals surface area contributed by atoms with Crippen LogP contribution in [0, 0.1) is 5.92 Å². The Morgan fingerprint density at radius 3 is 2.75 bits per heavy atom. The zero-order chi connectivity index (χ0) is 19.5. The van der Waals surface area contributed by atoms with Gasteiger partial charge in [0.05, 0.1) is 19.1 Å². The number of rotatable bonds is 8. The molecule has 1 aromatic rings. The molecule has 0 aliphatic carbocycles. The number of unbranched alkanes of at least 4 members (excludes halogenated alkanes) is 1. The predicted molar refractivity (Wildman–Crippen MR) is 121 cm³/mol. The molecule has 1 aromatic heterocycles. The van der Waals surface area contributed by atoms with Gasteiger partial charge in [-0.05, 0) is 32.3 Å². The van der Waals surface area contributed by atoms with Gasteiger partial charge in [0, 0.05) is 38.4 Å². The van der Waals surface area contributed by atoms with Gasteiger partial charge < -0.3 is 19.7 Å². The predicted octanol–water partition coefficient (Wildman–Crippen LogP) is 3.23. The van der Waals surface area contributed by atoms with Crippen molar-refractivity contribution in [2.24, 2.45) is 10.9 Å². The highest BCUT2D eigenvalue weighted by Gasteiger charge is 2.27. The molecule has 0 atom stereocenters. The number of carbonyl (C=O) groups excluding carboxylic acids is 1. The third-order valence-electron chi connectivity index (χ3n) is 4.65. The lowest BCUT2D eigenvalue weighted by molar-refractivity contribution is -0.149.